The molecule has 4 aliphatic rings. The Bertz CT molecular complexity index is 526. The summed E-state index contributed by atoms with van der Waals surface area (Å²) < 4.78 is 0.931. The Hall–Kier alpha value is -0.640. The molecule has 4 aliphatic carbocycles. The number of nitrogens with zero attached hydrogens (tertiary/aromatic N) is 2. The van der Waals surface area contributed by atoms with Gasteiger partial charge in [0.05, 0.1) is 0 Å². The molecule has 4 fully saturated rings. The molecule has 0 aromatic carbocycles. The molecule has 1 N–H and O–H groups in total. The summed E-state index contributed by atoms with van der Waals surface area (Å²) in [6.45, 7) is 0. The first-order valence-corrected chi connectivity index (χ1v) is 8.40. The normalized spacial score (nSPS) is 42.3. The molecule has 2 bridgehead atoms. The summed E-state index contributed by atoms with van der Waals surface area (Å²) >= 11 is 3.53. The van der Waals surface area contributed by atoms with Crippen molar-refractivity contribution in [3.05, 3.63) is 16.5 Å². The molecule has 0 radical (unpaired) electrons. The molecule has 19 heavy (non-hydrogen) atoms. The second kappa shape index (κ2) is 3.72. The third kappa shape index (κ3) is 1.68. The van der Waals surface area contributed by atoms with Crippen LogP contribution < -0.4 is 5.32 Å². The summed E-state index contributed by atoms with van der Waals surface area (Å²) in [5, 5.41) is 3.70. The second-order valence-electron chi connectivity index (χ2n) is 6.87. The third-order valence-corrected chi connectivity index (χ3v) is 6.11. The lowest BCUT2D eigenvalue weighted by Crippen LogP contribution is -2.14. The van der Waals surface area contributed by atoms with Gasteiger partial charge in [-0.3, -0.25) is 0 Å². The lowest BCUT2D eigenvalue weighted by Gasteiger charge is -2.12. The molecule has 5 rings (SSSR count). The van der Waals surface area contributed by atoms with Gasteiger partial charge in [0.25, 0.3) is 0 Å². The highest BCUT2D eigenvalue weighted by Crippen LogP contribution is 2.66. The van der Waals surface area contributed by atoms with Crippen LogP contribution in [-0.2, 0) is 0 Å². The van der Waals surface area contributed by atoms with Gasteiger partial charge in [-0.25, -0.2) is 9.97 Å². The van der Waals surface area contributed by atoms with Crippen molar-refractivity contribution >= 4 is 21.7 Å². The van der Waals surface area contributed by atoms with Crippen molar-refractivity contribution in [2.75, 3.05) is 5.32 Å². The predicted octanol–water partition coefficient (Wildman–Crippen LogP) is 3.57. The van der Waals surface area contributed by atoms with Crippen LogP contribution in [0.1, 0.15) is 43.8 Å². The van der Waals surface area contributed by atoms with E-state index >= 15 is 0 Å². The minimum Gasteiger partial charge on any atom is -0.367 e. The molecule has 1 aromatic heterocycles. The Morgan fingerprint density at radius 3 is 2.47 bits per heavy atom. The van der Waals surface area contributed by atoms with E-state index in [0.29, 0.717) is 12.0 Å². The fraction of sp³-hybridized carbons (Fsp3) is 0.733. The van der Waals surface area contributed by atoms with Gasteiger partial charge < -0.3 is 5.32 Å². The first kappa shape index (κ1) is 11.1. The molecular formula is C15H18BrN3. The monoisotopic (exact) mass is 319 g/mol. The highest BCUT2D eigenvalue weighted by molar-refractivity contribution is 9.10. The number of rotatable bonds is 3. The number of hydrogen-bond donors (Lipinski definition) is 1. The van der Waals surface area contributed by atoms with Crippen LogP contribution in [0.15, 0.2) is 10.7 Å². The minimum absolute atomic E-state index is 0.618. The van der Waals surface area contributed by atoms with E-state index in [9.17, 15) is 0 Å². The van der Waals surface area contributed by atoms with Gasteiger partial charge >= 0.3 is 0 Å². The average molecular weight is 320 g/mol. The van der Waals surface area contributed by atoms with Gasteiger partial charge in [-0.1, -0.05) is 0 Å². The summed E-state index contributed by atoms with van der Waals surface area (Å²) in [5.74, 6) is 6.64. The maximum Gasteiger partial charge on any atom is 0.135 e. The topological polar surface area (TPSA) is 37.8 Å². The maximum atomic E-state index is 4.72. The summed E-state index contributed by atoms with van der Waals surface area (Å²) in [7, 11) is 0. The quantitative estimate of drug-likeness (QED) is 0.865. The maximum absolute atomic E-state index is 4.72. The lowest BCUT2D eigenvalue weighted by atomic mass is 10.0. The molecular weight excluding hydrogens is 302 g/mol. The zero-order valence-electron chi connectivity index (χ0n) is 10.8. The van der Waals surface area contributed by atoms with E-state index in [1.165, 1.54) is 32.1 Å². The summed E-state index contributed by atoms with van der Waals surface area (Å²) in [6, 6.07) is 2.75. The smallest absolute Gasteiger partial charge is 0.135 e. The van der Waals surface area contributed by atoms with Gasteiger partial charge in [0.2, 0.25) is 0 Å². The predicted molar refractivity (Wildman–Crippen MR) is 76.9 cm³/mol. The Balaban J connectivity index is 1.37. The van der Waals surface area contributed by atoms with Crippen molar-refractivity contribution in [1.29, 1.82) is 0 Å². The highest BCUT2D eigenvalue weighted by atomic mass is 79.9. The summed E-state index contributed by atoms with van der Waals surface area (Å²) in [4.78, 5) is 9.22. The van der Waals surface area contributed by atoms with Gasteiger partial charge in [0.15, 0.2) is 0 Å². The van der Waals surface area contributed by atoms with Crippen LogP contribution in [0.3, 0.4) is 0 Å². The highest BCUT2D eigenvalue weighted by Gasteiger charge is 2.65. The number of aromatic nitrogens is 2. The number of nitrogens with one attached hydrogen (secondary N) is 1. The molecule has 4 unspecified atom stereocenters. The Kier molecular flexibility index (Phi) is 2.16. The van der Waals surface area contributed by atoms with Crippen LogP contribution in [0.4, 0.5) is 5.82 Å². The molecule has 4 atom stereocenters. The van der Waals surface area contributed by atoms with Crippen molar-refractivity contribution in [3.8, 4) is 0 Å². The second-order valence-corrected chi connectivity index (χ2v) is 7.68. The van der Waals surface area contributed by atoms with E-state index in [0.717, 1.165) is 39.9 Å². The van der Waals surface area contributed by atoms with Gasteiger partial charge in [0.1, 0.15) is 16.2 Å². The van der Waals surface area contributed by atoms with Gasteiger partial charge in [0, 0.05) is 18.0 Å². The largest absolute Gasteiger partial charge is 0.367 e. The van der Waals surface area contributed by atoms with Crippen LogP contribution in [0, 0.1) is 23.7 Å². The Labute approximate surface area is 121 Å². The van der Waals surface area contributed by atoms with Crippen LogP contribution >= 0.6 is 15.9 Å². The van der Waals surface area contributed by atoms with E-state index in [-0.39, 0.29) is 0 Å². The van der Waals surface area contributed by atoms with Gasteiger partial charge in [-0.05, 0) is 71.7 Å². The molecule has 1 heterocycles. The molecule has 4 heteroatoms. The summed E-state index contributed by atoms with van der Waals surface area (Å²) in [5.41, 5.74) is 0. The first-order valence-electron chi connectivity index (χ1n) is 7.60. The molecule has 1 aromatic rings. The number of anilines is 1. The number of hydrogen-bond acceptors (Lipinski definition) is 3. The van der Waals surface area contributed by atoms with Gasteiger partial charge in [-0.2, -0.15) is 0 Å². The standard InChI is InChI=1S/C15H18BrN3/c16-10-6-11(19-15(17-10)7-1-2-7)18-14-12-8-3-4-9(5-8)13(12)14/h6-9,12-14H,1-5H2,(H,17,18,19). The van der Waals surface area contributed by atoms with Crippen LogP contribution in [0.5, 0.6) is 0 Å². The third-order valence-electron chi connectivity index (χ3n) is 5.70. The van der Waals surface area contributed by atoms with Crippen molar-refractivity contribution in [3.63, 3.8) is 0 Å². The number of fused-ring (bicyclic) bond motifs is 5. The van der Waals surface area contributed by atoms with Gasteiger partial charge in [-0.15, -0.1) is 0 Å². The van der Waals surface area contributed by atoms with E-state index in [4.69, 9.17) is 4.98 Å². The Morgan fingerprint density at radius 2 is 1.79 bits per heavy atom. The molecule has 3 nitrogen and oxygen atoms in total. The Morgan fingerprint density at radius 1 is 1.05 bits per heavy atom. The van der Waals surface area contributed by atoms with E-state index in [1.807, 2.05) is 6.07 Å². The molecule has 0 aliphatic heterocycles. The van der Waals surface area contributed by atoms with Crippen LogP contribution in [0.25, 0.3) is 0 Å². The first-order chi connectivity index (χ1) is 9.29. The van der Waals surface area contributed by atoms with Crippen molar-refractivity contribution in [1.82, 2.24) is 9.97 Å². The fourth-order valence-corrected chi connectivity index (χ4v) is 5.12. The molecule has 0 spiro atoms. The number of halogens is 1. The van der Waals surface area contributed by atoms with Crippen LogP contribution in [-0.4, -0.2) is 16.0 Å². The van der Waals surface area contributed by atoms with Crippen molar-refractivity contribution in [2.45, 2.75) is 44.1 Å². The van der Waals surface area contributed by atoms with E-state index in [1.54, 1.807) is 0 Å². The summed E-state index contributed by atoms with van der Waals surface area (Å²) in [6.07, 6.45) is 6.98. The molecule has 0 amide bonds. The van der Waals surface area contributed by atoms with Crippen molar-refractivity contribution in [2.24, 2.45) is 23.7 Å². The zero-order chi connectivity index (χ0) is 12.6. The minimum atomic E-state index is 0.618. The molecule has 4 saturated carbocycles. The van der Waals surface area contributed by atoms with Crippen molar-refractivity contribution < 1.29 is 0 Å². The molecule has 100 valence electrons. The zero-order valence-corrected chi connectivity index (χ0v) is 12.4. The average Bonchev–Trinajstić information content (AvgIpc) is 3.28. The van der Waals surface area contributed by atoms with Crippen LogP contribution in [0.2, 0.25) is 0 Å². The lowest BCUT2D eigenvalue weighted by molar-refractivity contribution is 0.456. The molecule has 0 saturated heterocycles. The van der Waals surface area contributed by atoms with E-state index < -0.39 is 0 Å². The fourth-order valence-electron chi connectivity index (χ4n) is 4.72. The SMILES string of the molecule is Brc1cc(NC2C3C4CCC(C4)C23)nc(C2CC2)n1. The van der Waals surface area contributed by atoms with E-state index in [2.05, 4.69) is 26.2 Å².